The Hall–Kier alpha value is -2.28. The molecule has 0 aliphatic carbocycles. The monoisotopic (exact) mass is 350 g/mol. The van der Waals surface area contributed by atoms with Gasteiger partial charge in [0.1, 0.15) is 16.9 Å². The van der Waals surface area contributed by atoms with E-state index in [1.807, 2.05) is 0 Å². The molecule has 0 fully saturated rings. The first-order chi connectivity index (χ1) is 11.2. The van der Waals surface area contributed by atoms with Crippen LogP contribution in [0.15, 0.2) is 29.6 Å². The van der Waals surface area contributed by atoms with Gasteiger partial charge in [-0.2, -0.15) is 0 Å². The van der Waals surface area contributed by atoms with E-state index in [0.29, 0.717) is 10.7 Å². The van der Waals surface area contributed by atoms with Crippen LogP contribution in [-0.2, 0) is 16.0 Å². The highest BCUT2D eigenvalue weighted by atomic mass is 32.1. The van der Waals surface area contributed by atoms with E-state index in [0.717, 1.165) is 5.56 Å². The van der Waals surface area contributed by atoms with Crippen molar-refractivity contribution in [3.05, 3.63) is 41.2 Å². The highest BCUT2D eigenvalue weighted by molar-refractivity contribution is 7.13. The lowest BCUT2D eigenvalue weighted by molar-refractivity contribution is -0.144. The molecule has 2 rings (SSSR count). The molecule has 0 aliphatic heterocycles. The summed E-state index contributed by atoms with van der Waals surface area (Å²) in [6.07, 6.45) is -0.00243. The summed E-state index contributed by atoms with van der Waals surface area (Å²) < 4.78 is 12.9. The zero-order valence-electron chi connectivity index (χ0n) is 13.7. The number of hydrogen-bond donors (Lipinski definition) is 2. The predicted molar refractivity (Wildman–Crippen MR) is 90.2 cm³/mol. The lowest BCUT2D eigenvalue weighted by atomic mass is 9.86. The standard InChI is InChI=1S/C17H19FN2O3S/c1-17(2,3)14(16(22)23)20-13(21)8-12-9-24-15(19-12)10-4-6-11(18)7-5-10/h4-7,9,14H,8H2,1-3H3,(H,20,21)(H,22,23). The number of amides is 1. The number of carbonyl (C=O) groups excluding carboxylic acids is 1. The quantitative estimate of drug-likeness (QED) is 0.868. The smallest absolute Gasteiger partial charge is 0.326 e. The summed E-state index contributed by atoms with van der Waals surface area (Å²) in [5.41, 5.74) is 0.726. The van der Waals surface area contributed by atoms with Gasteiger partial charge >= 0.3 is 5.97 Å². The Labute approximate surface area is 143 Å². The van der Waals surface area contributed by atoms with Gasteiger partial charge in [-0.15, -0.1) is 11.3 Å². The molecule has 0 saturated heterocycles. The molecule has 0 saturated carbocycles. The average molecular weight is 350 g/mol. The van der Waals surface area contributed by atoms with Gasteiger partial charge < -0.3 is 10.4 Å². The minimum atomic E-state index is -1.07. The second kappa shape index (κ2) is 7.09. The summed E-state index contributed by atoms with van der Waals surface area (Å²) in [4.78, 5) is 27.7. The third kappa shape index (κ3) is 4.61. The molecule has 1 atom stereocenters. The molecule has 0 spiro atoms. The number of carboxylic acid groups (broad SMARTS) is 1. The maximum absolute atomic E-state index is 12.9. The fourth-order valence-electron chi connectivity index (χ4n) is 2.14. The average Bonchev–Trinajstić information content (AvgIpc) is 2.92. The molecule has 5 nitrogen and oxygen atoms in total. The maximum Gasteiger partial charge on any atom is 0.326 e. The number of nitrogens with one attached hydrogen (secondary N) is 1. The Morgan fingerprint density at radius 2 is 1.92 bits per heavy atom. The largest absolute Gasteiger partial charge is 0.480 e. The first kappa shape index (κ1) is 18.1. The molecule has 128 valence electrons. The zero-order chi connectivity index (χ0) is 17.9. The zero-order valence-corrected chi connectivity index (χ0v) is 14.5. The molecule has 0 aliphatic rings. The second-order valence-corrected chi connectivity index (χ2v) is 7.39. The third-order valence-corrected chi connectivity index (χ3v) is 4.34. The second-order valence-electron chi connectivity index (χ2n) is 6.53. The number of nitrogens with zero attached hydrogens (tertiary/aromatic N) is 1. The van der Waals surface area contributed by atoms with Gasteiger partial charge in [0.2, 0.25) is 5.91 Å². The van der Waals surface area contributed by atoms with E-state index >= 15 is 0 Å². The number of rotatable bonds is 5. The number of hydrogen-bond acceptors (Lipinski definition) is 4. The van der Waals surface area contributed by atoms with Gasteiger partial charge in [0.05, 0.1) is 12.1 Å². The molecule has 1 aromatic carbocycles. The van der Waals surface area contributed by atoms with Crippen LogP contribution in [-0.4, -0.2) is 28.0 Å². The van der Waals surface area contributed by atoms with Gasteiger partial charge in [0.15, 0.2) is 0 Å². The number of carbonyl (C=O) groups is 2. The van der Waals surface area contributed by atoms with Gasteiger partial charge in [0.25, 0.3) is 0 Å². The summed E-state index contributed by atoms with van der Waals surface area (Å²) >= 11 is 1.35. The molecule has 1 heterocycles. The number of benzene rings is 1. The third-order valence-electron chi connectivity index (χ3n) is 3.40. The van der Waals surface area contributed by atoms with Crippen molar-refractivity contribution in [2.45, 2.75) is 33.2 Å². The fraction of sp³-hybridized carbons (Fsp3) is 0.353. The van der Waals surface area contributed by atoms with Crippen LogP contribution in [0.25, 0.3) is 10.6 Å². The van der Waals surface area contributed by atoms with Crippen LogP contribution in [0.2, 0.25) is 0 Å². The number of halogens is 1. The summed E-state index contributed by atoms with van der Waals surface area (Å²) in [6, 6.07) is 4.98. The maximum atomic E-state index is 12.9. The molecule has 2 N–H and O–H groups in total. The number of aromatic nitrogens is 1. The summed E-state index contributed by atoms with van der Waals surface area (Å²) in [7, 11) is 0. The molecule has 1 unspecified atom stereocenters. The minimum Gasteiger partial charge on any atom is -0.480 e. The van der Waals surface area contributed by atoms with E-state index in [4.69, 9.17) is 0 Å². The first-order valence-electron chi connectivity index (χ1n) is 7.39. The predicted octanol–water partition coefficient (Wildman–Crippen LogP) is 3.11. The first-order valence-corrected chi connectivity index (χ1v) is 8.27. The van der Waals surface area contributed by atoms with Crippen molar-refractivity contribution in [2.24, 2.45) is 5.41 Å². The van der Waals surface area contributed by atoms with Crippen LogP contribution in [0, 0.1) is 11.2 Å². The van der Waals surface area contributed by atoms with Gasteiger partial charge in [0, 0.05) is 10.9 Å². The Bertz CT molecular complexity index is 735. The number of aliphatic carboxylic acids is 1. The molecular weight excluding hydrogens is 331 g/mol. The van der Waals surface area contributed by atoms with E-state index in [-0.39, 0.29) is 12.2 Å². The summed E-state index contributed by atoms with van der Waals surface area (Å²) in [6.45, 7) is 5.25. The minimum absolute atomic E-state index is 0.00243. The Morgan fingerprint density at radius 1 is 1.29 bits per heavy atom. The van der Waals surface area contributed by atoms with Crippen molar-refractivity contribution >= 4 is 23.2 Å². The van der Waals surface area contributed by atoms with Crippen molar-refractivity contribution in [1.82, 2.24) is 10.3 Å². The Kier molecular flexibility index (Phi) is 5.33. The number of carboxylic acids is 1. The highest BCUT2D eigenvalue weighted by Crippen LogP contribution is 2.24. The molecule has 24 heavy (non-hydrogen) atoms. The molecule has 0 radical (unpaired) electrons. The van der Waals surface area contributed by atoms with Gasteiger partial charge in [-0.05, 0) is 29.7 Å². The van der Waals surface area contributed by atoms with Gasteiger partial charge in [-0.3, -0.25) is 4.79 Å². The Morgan fingerprint density at radius 3 is 2.46 bits per heavy atom. The van der Waals surface area contributed by atoms with Gasteiger partial charge in [-0.25, -0.2) is 14.2 Å². The van der Waals surface area contributed by atoms with Crippen LogP contribution in [0.5, 0.6) is 0 Å². The topological polar surface area (TPSA) is 79.3 Å². The molecule has 1 aromatic heterocycles. The van der Waals surface area contributed by atoms with E-state index in [2.05, 4.69) is 10.3 Å². The molecule has 2 aromatic rings. The van der Waals surface area contributed by atoms with Gasteiger partial charge in [-0.1, -0.05) is 20.8 Å². The van der Waals surface area contributed by atoms with Crippen molar-refractivity contribution in [3.63, 3.8) is 0 Å². The molecular formula is C17H19FN2O3S. The van der Waals surface area contributed by atoms with Crippen molar-refractivity contribution in [1.29, 1.82) is 0 Å². The van der Waals surface area contributed by atoms with Crippen molar-refractivity contribution in [2.75, 3.05) is 0 Å². The summed E-state index contributed by atoms with van der Waals surface area (Å²) in [5, 5.41) is 14.2. The van der Waals surface area contributed by atoms with Crippen LogP contribution >= 0.6 is 11.3 Å². The van der Waals surface area contributed by atoms with E-state index in [1.54, 1.807) is 38.3 Å². The lowest BCUT2D eigenvalue weighted by Gasteiger charge is -2.27. The molecule has 0 bridgehead atoms. The number of thiazole rings is 1. The van der Waals surface area contributed by atoms with Crippen LogP contribution in [0.4, 0.5) is 4.39 Å². The normalized spacial score (nSPS) is 12.7. The lowest BCUT2D eigenvalue weighted by Crippen LogP contribution is -2.49. The van der Waals surface area contributed by atoms with E-state index in [1.165, 1.54) is 23.5 Å². The molecule has 1 amide bonds. The Balaban J connectivity index is 2.05. The van der Waals surface area contributed by atoms with Crippen LogP contribution in [0.1, 0.15) is 26.5 Å². The van der Waals surface area contributed by atoms with Crippen LogP contribution < -0.4 is 5.32 Å². The van der Waals surface area contributed by atoms with Crippen molar-refractivity contribution < 1.29 is 19.1 Å². The van der Waals surface area contributed by atoms with E-state index < -0.39 is 23.3 Å². The highest BCUT2D eigenvalue weighted by Gasteiger charge is 2.32. The summed E-state index contributed by atoms with van der Waals surface area (Å²) in [5.74, 6) is -1.79. The fourth-order valence-corrected chi connectivity index (χ4v) is 2.96. The van der Waals surface area contributed by atoms with E-state index in [9.17, 15) is 19.1 Å². The SMILES string of the molecule is CC(C)(C)C(NC(=O)Cc1csc(-c2ccc(F)cc2)n1)C(=O)O. The van der Waals surface area contributed by atoms with Crippen LogP contribution in [0.3, 0.4) is 0 Å². The van der Waals surface area contributed by atoms with Crippen molar-refractivity contribution in [3.8, 4) is 10.6 Å². The molecule has 7 heteroatoms.